The van der Waals surface area contributed by atoms with E-state index in [4.69, 9.17) is 10.9 Å². The lowest BCUT2D eigenvalue weighted by Crippen LogP contribution is -2.47. The second-order valence-electron chi connectivity index (χ2n) is 5.80. The van der Waals surface area contributed by atoms with Crippen LogP contribution < -0.4 is 5.73 Å². The molecule has 0 spiro atoms. The molecule has 0 unspecified atom stereocenters. The molecule has 0 aliphatic carbocycles. The second kappa shape index (κ2) is 6.95. The molecule has 1 fully saturated rings. The van der Waals surface area contributed by atoms with Gasteiger partial charge in [0.2, 0.25) is 0 Å². The van der Waals surface area contributed by atoms with Crippen molar-refractivity contribution in [2.75, 3.05) is 39.3 Å². The Morgan fingerprint density at radius 2 is 1.67 bits per heavy atom. The van der Waals surface area contributed by atoms with E-state index in [0.29, 0.717) is 5.84 Å². The van der Waals surface area contributed by atoms with Gasteiger partial charge in [-0.15, -0.1) is 0 Å². The molecule has 0 atom stereocenters. The number of amidine groups is 1. The average Bonchev–Trinajstić information content (AvgIpc) is 2.37. The van der Waals surface area contributed by atoms with E-state index >= 15 is 0 Å². The maximum absolute atomic E-state index is 8.74. The number of oxime groups is 1. The lowest BCUT2D eigenvalue weighted by atomic mass is 9.88. The van der Waals surface area contributed by atoms with Gasteiger partial charge in [0.15, 0.2) is 0 Å². The van der Waals surface area contributed by atoms with E-state index in [9.17, 15) is 0 Å². The molecule has 0 aromatic rings. The molecular formula is C13H28N4O. The van der Waals surface area contributed by atoms with Crippen LogP contribution in [0.4, 0.5) is 0 Å². The topological polar surface area (TPSA) is 65.1 Å². The van der Waals surface area contributed by atoms with Crippen molar-refractivity contribution in [1.29, 1.82) is 0 Å². The molecule has 0 aromatic heterocycles. The monoisotopic (exact) mass is 256 g/mol. The fourth-order valence-corrected chi connectivity index (χ4v) is 2.25. The summed E-state index contributed by atoms with van der Waals surface area (Å²) in [4.78, 5) is 4.99. The van der Waals surface area contributed by atoms with Gasteiger partial charge in [-0.2, -0.15) is 0 Å². The molecule has 0 aromatic carbocycles. The van der Waals surface area contributed by atoms with Gasteiger partial charge in [-0.3, -0.25) is 0 Å². The highest BCUT2D eigenvalue weighted by atomic mass is 16.4. The molecular weight excluding hydrogens is 228 g/mol. The lowest BCUT2D eigenvalue weighted by Gasteiger charge is -2.36. The molecule has 5 heteroatoms. The van der Waals surface area contributed by atoms with Crippen LogP contribution in [0.5, 0.6) is 0 Å². The number of piperazine rings is 1. The first-order chi connectivity index (χ1) is 8.49. The third-order valence-electron chi connectivity index (χ3n) is 3.86. The van der Waals surface area contributed by atoms with Crippen molar-refractivity contribution in [2.24, 2.45) is 16.3 Å². The number of nitrogens with two attached hydrogens (primary N) is 1. The summed E-state index contributed by atoms with van der Waals surface area (Å²) in [6, 6.07) is 0. The molecule has 1 rings (SSSR count). The van der Waals surface area contributed by atoms with Gasteiger partial charge in [0.1, 0.15) is 5.84 Å². The average molecular weight is 256 g/mol. The summed E-state index contributed by atoms with van der Waals surface area (Å²) in [5, 5.41) is 11.9. The second-order valence-corrected chi connectivity index (χ2v) is 5.80. The SMILES string of the molecule is CCCN1CCN(CCC(C)(C)C(N)=NO)CC1. The summed E-state index contributed by atoms with van der Waals surface area (Å²) in [7, 11) is 0. The van der Waals surface area contributed by atoms with Crippen LogP contribution in [0.25, 0.3) is 0 Å². The van der Waals surface area contributed by atoms with Crippen molar-refractivity contribution >= 4 is 5.84 Å². The quantitative estimate of drug-likeness (QED) is 0.324. The van der Waals surface area contributed by atoms with Crippen LogP contribution in [0.2, 0.25) is 0 Å². The third kappa shape index (κ3) is 4.46. The molecule has 0 amide bonds. The number of hydrogen-bond donors (Lipinski definition) is 2. The molecule has 1 aliphatic heterocycles. The van der Waals surface area contributed by atoms with Crippen LogP contribution in [0.3, 0.4) is 0 Å². The molecule has 1 aliphatic rings. The molecule has 5 nitrogen and oxygen atoms in total. The summed E-state index contributed by atoms with van der Waals surface area (Å²) >= 11 is 0. The summed E-state index contributed by atoms with van der Waals surface area (Å²) in [6.45, 7) is 13.1. The zero-order chi connectivity index (χ0) is 13.6. The predicted octanol–water partition coefficient (Wildman–Crippen LogP) is 1.18. The van der Waals surface area contributed by atoms with Crippen LogP contribution in [0, 0.1) is 5.41 Å². The lowest BCUT2D eigenvalue weighted by molar-refractivity contribution is 0.125. The van der Waals surface area contributed by atoms with Crippen molar-refractivity contribution < 1.29 is 5.21 Å². The zero-order valence-corrected chi connectivity index (χ0v) is 12.0. The normalized spacial score (nSPS) is 20.3. The summed E-state index contributed by atoms with van der Waals surface area (Å²) < 4.78 is 0. The smallest absolute Gasteiger partial charge is 0.144 e. The fraction of sp³-hybridized carbons (Fsp3) is 0.923. The molecule has 0 radical (unpaired) electrons. The summed E-state index contributed by atoms with van der Waals surface area (Å²) in [5.74, 6) is 0.326. The van der Waals surface area contributed by atoms with Gasteiger partial charge in [-0.1, -0.05) is 25.9 Å². The molecule has 1 saturated heterocycles. The maximum Gasteiger partial charge on any atom is 0.144 e. The van der Waals surface area contributed by atoms with Crippen LogP contribution in [-0.4, -0.2) is 60.1 Å². The Kier molecular flexibility index (Phi) is 5.88. The van der Waals surface area contributed by atoms with Gasteiger partial charge < -0.3 is 20.7 Å². The van der Waals surface area contributed by atoms with Crippen LogP contribution >= 0.6 is 0 Å². The number of hydrogen-bond acceptors (Lipinski definition) is 4. The van der Waals surface area contributed by atoms with Crippen LogP contribution in [0.15, 0.2) is 5.16 Å². The Bertz CT molecular complexity index is 270. The molecule has 1 heterocycles. The Morgan fingerprint density at radius 1 is 1.17 bits per heavy atom. The van der Waals surface area contributed by atoms with E-state index in [1.807, 2.05) is 13.8 Å². The van der Waals surface area contributed by atoms with E-state index in [1.54, 1.807) is 0 Å². The highest BCUT2D eigenvalue weighted by molar-refractivity contribution is 5.85. The van der Waals surface area contributed by atoms with Crippen molar-refractivity contribution in [2.45, 2.75) is 33.6 Å². The first kappa shape index (κ1) is 15.2. The standard InChI is InChI=1S/C13H28N4O/c1-4-6-16-8-10-17(11-9-16)7-5-13(2,3)12(14)15-18/h18H,4-11H2,1-3H3,(H2,14,15). The van der Waals surface area contributed by atoms with Gasteiger partial charge in [0.05, 0.1) is 0 Å². The van der Waals surface area contributed by atoms with Crippen molar-refractivity contribution in [3.8, 4) is 0 Å². The fourth-order valence-electron chi connectivity index (χ4n) is 2.25. The first-order valence-corrected chi connectivity index (χ1v) is 6.92. The molecule has 3 N–H and O–H groups in total. The van der Waals surface area contributed by atoms with Crippen LogP contribution in [-0.2, 0) is 0 Å². The van der Waals surface area contributed by atoms with E-state index in [2.05, 4.69) is 21.9 Å². The van der Waals surface area contributed by atoms with Crippen molar-refractivity contribution in [1.82, 2.24) is 9.80 Å². The van der Waals surface area contributed by atoms with E-state index in [1.165, 1.54) is 13.0 Å². The Hall–Kier alpha value is -0.810. The Morgan fingerprint density at radius 3 is 2.11 bits per heavy atom. The minimum atomic E-state index is -0.227. The van der Waals surface area contributed by atoms with Gasteiger partial charge >= 0.3 is 0 Å². The molecule has 0 saturated carbocycles. The number of nitrogens with zero attached hydrogens (tertiary/aromatic N) is 3. The Labute approximate surface area is 111 Å². The van der Waals surface area contributed by atoms with Gasteiger partial charge in [0, 0.05) is 31.6 Å². The van der Waals surface area contributed by atoms with Gasteiger partial charge in [0.25, 0.3) is 0 Å². The highest BCUT2D eigenvalue weighted by Crippen LogP contribution is 2.21. The maximum atomic E-state index is 8.74. The Balaban J connectivity index is 2.29. The zero-order valence-electron chi connectivity index (χ0n) is 12.0. The van der Waals surface area contributed by atoms with Crippen LogP contribution in [0.1, 0.15) is 33.6 Å². The largest absolute Gasteiger partial charge is 0.409 e. The van der Waals surface area contributed by atoms with Crippen molar-refractivity contribution in [3.63, 3.8) is 0 Å². The molecule has 0 bridgehead atoms. The third-order valence-corrected chi connectivity index (χ3v) is 3.86. The van der Waals surface area contributed by atoms with Gasteiger partial charge in [-0.25, -0.2) is 0 Å². The molecule has 18 heavy (non-hydrogen) atoms. The summed E-state index contributed by atoms with van der Waals surface area (Å²) in [5.41, 5.74) is 5.47. The summed E-state index contributed by atoms with van der Waals surface area (Å²) in [6.07, 6.45) is 2.16. The molecule has 106 valence electrons. The minimum absolute atomic E-state index is 0.227. The predicted molar refractivity (Wildman–Crippen MR) is 75.0 cm³/mol. The van der Waals surface area contributed by atoms with E-state index < -0.39 is 0 Å². The van der Waals surface area contributed by atoms with E-state index in [-0.39, 0.29) is 5.41 Å². The minimum Gasteiger partial charge on any atom is -0.409 e. The van der Waals surface area contributed by atoms with E-state index in [0.717, 1.165) is 39.1 Å². The first-order valence-electron chi connectivity index (χ1n) is 6.92. The van der Waals surface area contributed by atoms with Crippen molar-refractivity contribution in [3.05, 3.63) is 0 Å². The van der Waals surface area contributed by atoms with Gasteiger partial charge in [-0.05, 0) is 25.9 Å². The highest BCUT2D eigenvalue weighted by Gasteiger charge is 2.25. The number of rotatable bonds is 6.